The number of alkyl carbamates (subject to hydrolysis) is 1. The molecular weight excluding hydrogens is 420 g/mol. The molecule has 0 bridgehead atoms. The summed E-state index contributed by atoms with van der Waals surface area (Å²) in [5.41, 5.74) is 3.64. The van der Waals surface area contributed by atoms with Gasteiger partial charge in [-0.15, -0.1) is 0 Å². The minimum atomic E-state index is -0.905. The van der Waals surface area contributed by atoms with Gasteiger partial charge in [-0.25, -0.2) is 4.79 Å². The van der Waals surface area contributed by atoms with E-state index in [4.69, 9.17) is 4.74 Å². The molecule has 174 valence electrons. The van der Waals surface area contributed by atoms with Gasteiger partial charge >= 0.3 is 12.1 Å². The van der Waals surface area contributed by atoms with Crippen molar-refractivity contribution >= 4 is 18.0 Å². The Hall–Kier alpha value is -3.35. The highest BCUT2D eigenvalue weighted by Crippen LogP contribution is 2.44. The molecule has 1 saturated heterocycles. The number of carbonyl (C=O) groups is 3. The van der Waals surface area contributed by atoms with Crippen molar-refractivity contribution in [3.63, 3.8) is 0 Å². The van der Waals surface area contributed by atoms with Gasteiger partial charge in [0.1, 0.15) is 12.6 Å². The Morgan fingerprint density at radius 3 is 2.21 bits per heavy atom. The third-order valence-corrected chi connectivity index (χ3v) is 7.14. The number of aliphatic carboxylic acids is 1. The van der Waals surface area contributed by atoms with Crippen molar-refractivity contribution < 1.29 is 24.2 Å². The molecule has 4 rings (SSSR count). The van der Waals surface area contributed by atoms with Crippen molar-refractivity contribution in [1.29, 1.82) is 0 Å². The van der Waals surface area contributed by atoms with Crippen LogP contribution in [0.2, 0.25) is 0 Å². The molecule has 0 radical (unpaired) electrons. The van der Waals surface area contributed by atoms with Gasteiger partial charge in [0.15, 0.2) is 0 Å². The van der Waals surface area contributed by atoms with Crippen molar-refractivity contribution in [3.8, 4) is 11.1 Å². The zero-order valence-electron chi connectivity index (χ0n) is 19.0. The second kappa shape index (κ2) is 9.25. The van der Waals surface area contributed by atoms with E-state index in [2.05, 4.69) is 29.6 Å². The predicted molar refractivity (Wildman–Crippen MR) is 124 cm³/mol. The largest absolute Gasteiger partial charge is 0.481 e. The van der Waals surface area contributed by atoms with Gasteiger partial charge in [-0.05, 0) is 41.5 Å². The maximum Gasteiger partial charge on any atom is 0.407 e. The number of carboxylic acid groups (broad SMARTS) is 1. The van der Waals surface area contributed by atoms with Crippen LogP contribution in [0.4, 0.5) is 4.79 Å². The molecule has 1 fully saturated rings. The number of ether oxygens (including phenoxy) is 1. The summed E-state index contributed by atoms with van der Waals surface area (Å²) < 4.78 is 5.57. The molecule has 0 aromatic heterocycles. The van der Waals surface area contributed by atoms with Gasteiger partial charge in [-0.3, -0.25) is 9.59 Å². The molecule has 1 aliphatic carbocycles. The first-order valence-corrected chi connectivity index (χ1v) is 11.5. The van der Waals surface area contributed by atoms with Crippen molar-refractivity contribution in [1.82, 2.24) is 10.2 Å². The smallest absolute Gasteiger partial charge is 0.407 e. The number of hydrogen-bond acceptors (Lipinski definition) is 4. The summed E-state index contributed by atoms with van der Waals surface area (Å²) in [6.07, 6.45) is 0.636. The van der Waals surface area contributed by atoms with Crippen molar-refractivity contribution in [2.24, 2.45) is 5.41 Å². The summed E-state index contributed by atoms with van der Waals surface area (Å²) in [6.45, 7) is 4.36. The number of nitrogens with one attached hydrogen (secondary N) is 1. The first-order chi connectivity index (χ1) is 15.9. The van der Waals surface area contributed by atoms with E-state index in [9.17, 15) is 19.5 Å². The number of hydrogen-bond donors (Lipinski definition) is 2. The number of fused-ring (bicyclic) bond motifs is 3. The fourth-order valence-corrected chi connectivity index (χ4v) is 5.02. The van der Waals surface area contributed by atoms with Crippen LogP contribution >= 0.6 is 0 Å². The summed E-state index contributed by atoms with van der Waals surface area (Å²) in [6, 6.07) is 15.5. The number of amides is 2. The molecule has 0 saturated carbocycles. The van der Waals surface area contributed by atoms with Crippen LogP contribution in [-0.2, 0) is 14.3 Å². The third kappa shape index (κ3) is 4.19. The molecule has 2 aromatic carbocycles. The van der Waals surface area contributed by atoms with Crippen molar-refractivity contribution in [2.75, 3.05) is 19.7 Å². The Labute approximate surface area is 193 Å². The number of rotatable bonds is 7. The van der Waals surface area contributed by atoms with Crippen LogP contribution in [0.15, 0.2) is 48.5 Å². The predicted octanol–water partition coefficient (Wildman–Crippen LogP) is 4.02. The van der Waals surface area contributed by atoms with E-state index in [1.54, 1.807) is 4.90 Å². The fraction of sp³-hybridized carbons (Fsp3) is 0.423. The van der Waals surface area contributed by atoms with Crippen LogP contribution in [0.1, 0.15) is 50.2 Å². The van der Waals surface area contributed by atoms with E-state index in [1.807, 2.05) is 38.1 Å². The van der Waals surface area contributed by atoms with Gasteiger partial charge in [0.2, 0.25) is 5.91 Å². The average molecular weight is 451 g/mol. The molecule has 1 heterocycles. The highest BCUT2D eigenvalue weighted by molar-refractivity contribution is 5.87. The molecule has 33 heavy (non-hydrogen) atoms. The second-order valence-electron chi connectivity index (χ2n) is 8.88. The SMILES string of the molecule is CCC(NC(=O)OCC1c2ccccc2-c2ccccc21)C(=O)N1CCC(CC)(C(=O)O)C1. The van der Waals surface area contributed by atoms with Gasteiger partial charge < -0.3 is 20.1 Å². The summed E-state index contributed by atoms with van der Waals surface area (Å²) in [7, 11) is 0. The van der Waals surface area contributed by atoms with Gasteiger partial charge in [-0.1, -0.05) is 62.4 Å². The normalized spacial score (nSPS) is 20.1. The molecule has 2 unspecified atom stereocenters. The number of likely N-dealkylation sites (tertiary alicyclic amines) is 1. The highest BCUT2D eigenvalue weighted by Gasteiger charge is 2.45. The zero-order valence-corrected chi connectivity index (χ0v) is 19.0. The molecule has 1 aliphatic heterocycles. The lowest BCUT2D eigenvalue weighted by atomic mass is 9.84. The van der Waals surface area contributed by atoms with E-state index in [0.29, 0.717) is 25.8 Å². The van der Waals surface area contributed by atoms with Crippen LogP contribution in [0.3, 0.4) is 0 Å². The lowest BCUT2D eigenvalue weighted by molar-refractivity contribution is -0.148. The van der Waals surface area contributed by atoms with Gasteiger partial charge in [0.25, 0.3) is 0 Å². The van der Waals surface area contributed by atoms with Crippen LogP contribution in [0, 0.1) is 5.41 Å². The Balaban J connectivity index is 1.39. The first kappa shape index (κ1) is 22.8. The first-order valence-electron chi connectivity index (χ1n) is 11.5. The number of carboxylic acids is 1. The van der Waals surface area contributed by atoms with Crippen molar-refractivity contribution in [3.05, 3.63) is 59.7 Å². The Morgan fingerprint density at radius 1 is 1.09 bits per heavy atom. The minimum Gasteiger partial charge on any atom is -0.481 e. The van der Waals surface area contributed by atoms with Gasteiger partial charge in [0.05, 0.1) is 5.41 Å². The van der Waals surface area contributed by atoms with E-state index in [-0.39, 0.29) is 25.0 Å². The molecule has 7 nitrogen and oxygen atoms in total. The van der Waals surface area contributed by atoms with E-state index in [1.165, 1.54) is 0 Å². The quantitative estimate of drug-likeness (QED) is 0.664. The molecule has 2 aliphatic rings. The standard InChI is InChI=1S/C26H30N2O5/c1-3-22(23(29)28-14-13-26(4-2,16-28)24(30)31)27-25(32)33-15-21-19-11-7-5-9-17(19)18-10-6-8-12-20(18)21/h5-12,21-22H,3-4,13-16H2,1-2H3,(H,27,32)(H,30,31). The summed E-state index contributed by atoms with van der Waals surface area (Å²) in [5.74, 6) is -1.20. The number of nitrogens with zero attached hydrogens (tertiary/aromatic N) is 1. The monoisotopic (exact) mass is 450 g/mol. The van der Waals surface area contributed by atoms with Gasteiger partial charge in [0, 0.05) is 19.0 Å². The van der Waals surface area contributed by atoms with Crippen LogP contribution in [-0.4, -0.2) is 53.7 Å². The van der Waals surface area contributed by atoms with E-state index in [0.717, 1.165) is 22.3 Å². The highest BCUT2D eigenvalue weighted by atomic mass is 16.5. The number of benzene rings is 2. The summed E-state index contributed by atoms with van der Waals surface area (Å²) >= 11 is 0. The fourth-order valence-electron chi connectivity index (χ4n) is 5.02. The molecule has 2 amide bonds. The topological polar surface area (TPSA) is 95.9 Å². The lowest BCUT2D eigenvalue weighted by Gasteiger charge is -2.26. The van der Waals surface area contributed by atoms with Crippen molar-refractivity contribution in [2.45, 2.75) is 45.1 Å². The molecule has 2 N–H and O–H groups in total. The Morgan fingerprint density at radius 2 is 1.70 bits per heavy atom. The molecular formula is C26H30N2O5. The van der Waals surface area contributed by atoms with Gasteiger partial charge in [-0.2, -0.15) is 0 Å². The van der Waals surface area contributed by atoms with Crippen LogP contribution < -0.4 is 5.32 Å². The number of carbonyl (C=O) groups excluding carboxylic acids is 2. The summed E-state index contributed by atoms with van der Waals surface area (Å²) in [5, 5.41) is 12.3. The molecule has 2 aromatic rings. The van der Waals surface area contributed by atoms with Crippen LogP contribution in [0.25, 0.3) is 11.1 Å². The Bertz CT molecular complexity index is 1020. The summed E-state index contributed by atoms with van der Waals surface area (Å²) in [4.78, 5) is 38.8. The van der Waals surface area contributed by atoms with E-state index < -0.39 is 23.5 Å². The zero-order chi connectivity index (χ0) is 23.6. The maximum atomic E-state index is 13.0. The Kier molecular flexibility index (Phi) is 6.40. The minimum absolute atomic E-state index is 0.0572. The molecule has 0 spiro atoms. The maximum absolute atomic E-state index is 13.0. The second-order valence-corrected chi connectivity index (χ2v) is 8.88. The van der Waals surface area contributed by atoms with Crippen LogP contribution in [0.5, 0.6) is 0 Å². The molecule has 2 atom stereocenters. The van der Waals surface area contributed by atoms with E-state index >= 15 is 0 Å². The third-order valence-electron chi connectivity index (χ3n) is 7.14. The molecule has 7 heteroatoms. The average Bonchev–Trinajstić information content (AvgIpc) is 3.42. The lowest BCUT2D eigenvalue weighted by Crippen LogP contribution is -2.48.